The Hall–Kier alpha value is -1.19. The maximum atomic E-state index is 12.8. The maximum absolute atomic E-state index is 12.8. The molecule has 0 aliphatic carbocycles. The second kappa shape index (κ2) is 3.90. The number of ether oxygens (including phenoxy) is 1. The molecule has 0 aliphatic rings. The summed E-state index contributed by atoms with van der Waals surface area (Å²) < 4.78 is 43.0. The van der Waals surface area contributed by atoms with Crippen LogP contribution in [0.5, 0.6) is 5.75 Å². The highest BCUT2D eigenvalue weighted by Gasteiger charge is 2.23. The third-order valence-electron chi connectivity index (χ3n) is 1.74. The van der Waals surface area contributed by atoms with Crippen LogP contribution in [-0.4, -0.2) is 13.0 Å². The minimum Gasteiger partial charge on any atom is -0.496 e. The molecule has 0 spiro atoms. The lowest BCUT2D eigenvalue weighted by molar-refractivity contribution is 0.0220. The van der Waals surface area contributed by atoms with Crippen LogP contribution >= 0.6 is 0 Å². The maximum Gasteiger partial charge on any atom is 0.249 e. The summed E-state index contributed by atoms with van der Waals surface area (Å²) >= 11 is 0. The van der Waals surface area contributed by atoms with E-state index in [2.05, 4.69) is 0 Å². The molecular formula is C10H11F3O. The quantitative estimate of drug-likeness (QED) is 0.735. The summed E-state index contributed by atoms with van der Waals surface area (Å²) in [7, 11) is 1.37. The van der Waals surface area contributed by atoms with Crippen LogP contribution in [0.3, 0.4) is 0 Å². The Morgan fingerprint density at radius 3 is 2.50 bits per heavy atom. The molecular weight excluding hydrogens is 193 g/mol. The molecule has 78 valence electrons. The number of halogens is 3. The molecule has 0 N–H and O–H groups in total. The van der Waals surface area contributed by atoms with Crippen LogP contribution in [0.4, 0.5) is 13.2 Å². The first-order chi connectivity index (χ1) is 6.42. The zero-order valence-corrected chi connectivity index (χ0v) is 7.98. The number of benzene rings is 1. The molecule has 0 saturated carbocycles. The van der Waals surface area contributed by atoms with Gasteiger partial charge in [0.1, 0.15) is 11.6 Å². The molecule has 0 bridgehead atoms. The highest BCUT2D eigenvalue weighted by Crippen LogP contribution is 2.26. The van der Waals surface area contributed by atoms with E-state index < -0.39 is 18.2 Å². The van der Waals surface area contributed by atoms with E-state index in [1.165, 1.54) is 19.2 Å². The Labute approximate surface area is 80.5 Å². The van der Waals surface area contributed by atoms with Gasteiger partial charge in [-0.3, -0.25) is 0 Å². The van der Waals surface area contributed by atoms with Crippen LogP contribution in [0, 0.1) is 5.82 Å². The minimum atomic E-state index is -2.86. The molecule has 1 nitrogen and oxygen atoms in total. The molecule has 0 aromatic heterocycles. The predicted octanol–water partition coefficient (Wildman–Crippen LogP) is 3.03. The van der Waals surface area contributed by atoms with Crippen molar-refractivity contribution in [2.75, 3.05) is 7.11 Å². The summed E-state index contributed by atoms with van der Waals surface area (Å²) in [5, 5.41) is 0. The van der Waals surface area contributed by atoms with Gasteiger partial charge in [-0.25, -0.2) is 13.2 Å². The smallest absolute Gasteiger partial charge is 0.249 e. The fourth-order valence-corrected chi connectivity index (χ4v) is 1.22. The van der Waals surface area contributed by atoms with Crippen LogP contribution in [-0.2, 0) is 6.42 Å². The van der Waals surface area contributed by atoms with Gasteiger partial charge in [0.15, 0.2) is 0 Å². The molecule has 0 heterocycles. The van der Waals surface area contributed by atoms with Crippen molar-refractivity contribution in [1.29, 1.82) is 0 Å². The van der Waals surface area contributed by atoms with Crippen molar-refractivity contribution in [3.63, 3.8) is 0 Å². The van der Waals surface area contributed by atoms with E-state index in [0.29, 0.717) is 0 Å². The summed E-state index contributed by atoms with van der Waals surface area (Å²) in [6.45, 7) is 0.789. The van der Waals surface area contributed by atoms with Gasteiger partial charge in [0, 0.05) is 12.0 Å². The number of methoxy groups -OCH3 is 1. The normalized spacial score (nSPS) is 11.5. The molecule has 4 heteroatoms. The van der Waals surface area contributed by atoms with Gasteiger partial charge in [0.05, 0.1) is 7.11 Å². The monoisotopic (exact) mass is 204 g/mol. The van der Waals surface area contributed by atoms with Crippen LogP contribution in [0.2, 0.25) is 0 Å². The van der Waals surface area contributed by atoms with E-state index >= 15 is 0 Å². The SMILES string of the molecule is COc1ccc(F)cc1CC(C)(F)F. The van der Waals surface area contributed by atoms with Crippen LogP contribution in [0.25, 0.3) is 0 Å². The molecule has 1 aromatic carbocycles. The summed E-state index contributed by atoms with van der Waals surface area (Å²) in [5.74, 6) is -3.11. The molecule has 0 saturated heterocycles. The van der Waals surface area contributed by atoms with Crippen molar-refractivity contribution in [2.45, 2.75) is 19.3 Å². The van der Waals surface area contributed by atoms with Gasteiger partial charge in [0.25, 0.3) is 0 Å². The van der Waals surface area contributed by atoms with Crippen LogP contribution < -0.4 is 4.74 Å². The van der Waals surface area contributed by atoms with Gasteiger partial charge in [-0.15, -0.1) is 0 Å². The van der Waals surface area contributed by atoms with Crippen molar-refractivity contribution in [3.8, 4) is 5.75 Å². The van der Waals surface area contributed by atoms with Gasteiger partial charge in [0.2, 0.25) is 5.92 Å². The lowest BCUT2D eigenvalue weighted by atomic mass is 10.1. The van der Waals surface area contributed by atoms with E-state index in [9.17, 15) is 13.2 Å². The van der Waals surface area contributed by atoms with Crippen molar-refractivity contribution in [3.05, 3.63) is 29.6 Å². The Balaban J connectivity index is 2.99. The standard InChI is InChI=1S/C10H11F3O/c1-10(12,13)6-7-5-8(11)3-4-9(7)14-2/h3-5H,6H2,1-2H3. The Bertz CT molecular complexity index is 318. The summed E-state index contributed by atoms with van der Waals surface area (Å²) in [4.78, 5) is 0. The van der Waals surface area contributed by atoms with Gasteiger partial charge in [-0.05, 0) is 25.1 Å². The molecule has 0 amide bonds. The molecule has 1 aromatic rings. The first-order valence-electron chi connectivity index (χ1n) is 4.12. The average Bonchev–Trinajstić information content (AvgIpc) is 2.01. The lowest BCUT2D eigenvalue weighted by Gasteiger charge is -2.13. The lowest BCUT2D eigenvalue weighted by Crippen LogP contribution is -2.14. The van der Waals surface area contributed by atoms with E-state index in [1.807, 2.05) is 0 Å². The van der Waals surface area contributed by atoms with Gasteiger partial charge in [-0.2, -0.15) is 0 Å². The van der Waals surface area contributed by atoms with Gasteiger partial charge < -0.3 is 4.74 Å². The third-order valence-corrected chi connectivity index (χ3v) is 1.74. The van der Waals surface area contributed by atoms with Gasteiger partial charge in [-0.1, -0.05) is 0 Å². The van der Waals surface area contributed by atoms with Crippen molar-refractivity contribution < 1.29 is 17.9 Å². The molecule has 0 unspecified atom stereocenters. The highest BCUT2D eigenvalue weighted by atomic mass is 19.3. The Morgan fingerprint density at radius 2 is 2.00 bits per heavy atom. The molecule has 0 radical (unpaired) electrons. The molecule has 0 atom stereocenters. The second-order valence-electron chi connectivity index (χ2n) is 3.20. The fraction of sp³-hybridized carbons (Fsp3) is 0.400. The first-order valence-corrected chi connectivity index (χ1v) is 4.12. The average molecular weight is 204 g/mol. The number of alkyl halides is 2. The second-order valence-corrected chi connectivity index (χ2v) is 3.20. The number of hydrogen-bond acceptors (Lipinski definition) is 1. The summed E-state index contributed by atoms with van der Waals surface area (Å²) in [5.41, 5.74) is 0.181. The van der Waals surface area contributed by atoms with E-state index in [-0.39, 0.29) is 11.3 Å². The van der Waals surface area contributed by atoms with Crippen LogP contribution in [0.15, 0.2) is 18.2 Å². The molecule has 0 fully saturated rings. The molecule has 14 heavy (non-hydrogen) atoms. The summed E-state index contributed by atoms with van der Waals surface area (Å²) in [6, 6.07) is 3.59. The van der Waals surface area contributed by atoms with Gasteiger partial charge >= 0.3 is 0 Å². The van der Waals surface area contributed by atoms with Crippen LogP contribution in [0.1, 0.15) is 12.5 Å². The predicted molar refractivity (Wildman–Crippen MR) is 47.3 cm³/mol. The Kier molecular flexibility index (Phi) is 3.03. The zero-order valence-electron chi connectivity index (χ0n) is 7.98. The Morgan fingerprint density at radius 1 is 1.36 bits per heavy atom. The van der Waals surface area contributed by atoms with Crippen molar-refractivity contribution >= 4 is 0 Å². The topological polar surface area (TPSA) is 9.23 Å². The van der Waals surface area contributed by atoms with Crippen molar-refractivity contribution in [1.82, 2.24) is 0 Å². The van der Waals surface area contributed by atoms with E-state index in [0.717, 1.165) is 13.0 Å². The van der Waals surface area contributed by atoms with E-state index in [4.69, 9.17) is 4.74 Å². The van der Waals surface area contributed by atoms with Crippen molar-refractivity contribution in [2.24, 2.45) is 0 Å². The summed E-state index contributed by atoms with van der Waals surface area (Å²) in [6.07, 6.45) is -0.520. The minimum absolute atomic E-state index is 0.181. The first kappa shape index (κ1) is 10.9. The highest BCUT2D eigenvalue weighted by molar-refractivity contribution is 5.34. The number of hydrogen-bond donors (Lipinski definition) is 0. The van der Waals surface area contributed by atoms with E-state index in [1.54, 1.807) is 0 Å². The number of rotatable bonds is 3. The zero-order chi connectivity index (χ0) is 10.8. The molecule has 1 rings (SSSR count). The molecule has 0 aliphatic heterocycles. The fourth-order valence-electron chi connectivity index (χ4n) is 1.22. The third kappa shape index (κ3) is 2.94. The largest absolute Gasteiger partial charge is 0.496 e.